The van der Waals surface area contributed by atoms with Crippen LogP contribution >= 0.6 is 0 Å². The van der Waals surface area contributed by atoms with Gasteiger partial charge in [0.05, 0.1) is 17.0 Å². The quantitative estimate of drug-likeness (QED) is 0.568. The molecule has 1 saturated heterocycles. The van der Waals surface area contributed by atoms with Gasteiger partial charge in [0.2, 0.25) is 5.91 Å². The Hall–Kier alpha value is -3.41. The van der Waals surface area contributed by atoms with Crippen LogP contribution in [-0.2, 0) is 11.3 Å². The Morgan fingerprint density at radius 1 is 1.13 bits per heavy atom. The predicted octanol–water partition coefficient (Wildman–Crippen LogP) is 3.72. The summed E-state index contributed by atoms with van der Waals surface area (Å²) in [6, 6.07) is 16.4. The molecule has 1 N–H and O–H groups in total. The minimum Gasteiger partial charge on any atom is -0.354 e. The van der Waals surface area contributed by atoms with Crippen molar-refractivity contribution in [1.82, 2.24) is 19.7 Å². The Balaban J connectivity index is 1.35. The number of aromatic nitrogens is 3. The number of hydrogen-bond acceptors (Lipinski definition) is 4. The van der Waals surface area contributed by atoms with Gasteiger partial charge in [-0.3, -0.25) is 4.79 Å². The molecule has 4 heterocycles. The van der Waals surface area contributed by atoms with Gasteiger partial charge in [-0.1, -0.05) is 29.8 Å². The highest BCUT2D eigenvalue weighted by atomic mass is 16.1. The Morgan fingerprint density at radius 2 is 1.97 bits per heavy atom. The van der Waals surface area contributed by atoms with Crippen LogP contribution in [0.4, 0.5) is 5.82 Å². The third kappa shape index (κ3) is 3.49. The van der Waals surface area contributed by atoms with Crippen molar-refractivity contribution < 1.29 is 4.79 Å². The summed E-state index contributed by atoms with van der Waals surface area (Å²) in [5.41, 5.74) is 5.12. The van der Waals surface area contributed by atoms with Crippen molar-refractivity contribution in [3.63, 3.8) is 0 Å². The zero-order chi connectivity index (χ0) is 20.5. The molecule has 1 amide bonds. The fourth-order valence-corrected chi connectivity index (χ4v) is 4.25. The first kappa shape index (κ1) is 18.6. The second-order valence-corrected chi connectivity index (χ2v) is 8.03. The Labute approximate surface area is 175 Å². The number of aryl methyl sites for hydroxylation is 1. The number of anilines is 1. The largest absolute Gasteiger partial charge is 0.354 e. The highest BCUT2D eigenvalue weighted by molar-refractivity contribution is 5.84. The van der Waals surface area contributed by atoms with E-state index < -0.39 is 0 Å². The molecule has 3 aromatic heterocycles. The molecule has 152 valence electrons. The monoisotopic (exact) mass is 399 g/mol. The Morgan fingerprint density at radius 3 is 2.83 bits per heavy atom. The van der Waals surface area contributed by atoms with Crippen LogP contribution in [0.1, 0.15) is 24.0 Å². The molecule has 1 aliphatic heterocycles. The molecule has 1 fully saturated rings. The number of piperidine rings is 1. The van der Waals surface area contributed by atoms with Gasteiger partial charge < -0.3 is 14.6 Å². The number of benzene rings is 1. The van der Waals surface area contributed by atoms with Gasteiger partial charge in [0.25, 0.3) is 0 Å². The van der Waals surface area contributed by atoms with E-state index in [2.05, 4.69) is 56.9 Å². The van der Waals surface area contributed by atoms with E-state index in [1.807, 2.05) is 24.4 Å². The van der Waals surface area contributed by atoms with Crippen molar-refractivity contribution in [1.29, 1.82) is 0 Å². The number of rotatable bonds is 4. The second-order valence-electron chi connectivity index (χ2n) is 8.03. The molecule has 5 rings (SSSR count). The van der Waals surface area contributed by atoms with E-state index in [4.69, 9.17) is 4.98 Å². The first-order chi connectivity index (χ1) is 14.7. The maximum atomic E-state index is 12.9. The first-order valence-corrected chi connectivity index (χ1v) is 10.5. The predicted molar refractivity (Wildman–Crippen MR) is 118 cm³/mol. The standard InChI is InChI=1S/C24H25N5O/c1-17-8-10-18(11-9-17)15-26-24(30)19-5-3-13-28(16-19)23-21-7-4-14-29(21)20-6-2-12-25-22(20)27-23/h2,4,6-12,14,19H,3,5,13,15-16H2,1H3,(H,26,30)/t19-/m0/s1. The van der Waals surface area contributed by atoms with E-state index in [0.717, 1.165) is 47.4 Å². The van der Waals surface area contributed by atoms with Crippen molar-refractivity contribution in [2.45, 2.75) is 26.3 Å². The van der Waals surface area contributed by atoms with Crippen molar-refractivity contribution in [2.75, 3.05) is 18.0 Å². The van der Waals surface area contributed by atoms with Crippen LogP contribution in [0.15, 0.2) is 60.9 Å². The molecule has 0 bridgehead atoms. The highest BCUT2D eigenvalue weighted by Gasteiger charge is 2.28. The minimum atomic E-state index is -0.0413. The summed E-state index contributed by atoms with van der Waals surface area (Å²) < 4.78 is 2.13. The van der Waals surface area contributed by atoms with Gasteiger partial charge in [-0.2, -0.15) is 0 Å². The van der Waals surface area contributed by atoms with E-state index in [-0.39, 0.29) is 11.8 Å². The van der Waals surface area contributed by atoms with Crippen molar-refractivity contribution >= 4 is 28.4 Å². The zero-order valence-electron chi connectivity index (χ0n) is 17.1. The lowest BCUT2D eigenvalue weighted by Crippen LogP contribution is -2.43. The van der Waals surface area contributed by atoms with Gasteiger partial charge in [0, 0.05) is 32.0 Å². The van der Waals surface area contributed by atoms with Crippen LogP contribution in [0, 0.1) is 12.8 Å². The summed E-state index contributed by atoms with van der Waals surface area (Å²) in [6.07, 6.45) is 5.68. The summed E-state index contributed by atoms with van der Waals surface area (Å²) >= 11 is 0. The number of nitrogens with zero attached hydrogens (tertiary/aromatic N) is 4. The second kappa shape index (κ2) is 7.78. The van der Waals surface area contributed by atoms with Crippen molar-refractivity contribution in [3.05, 3.63) is 72.1 Å². The average Bonchev–Trinajstić information content (AvgIpc) is 3.28. The van der Waals surface area contributed by atoms with Gasteiger partial charge >= 0.3 is 0 Å². The summed E-state index contributed by atoms with van der Waals surface area (Å²) in [6.45, 7) is 4.20. The van der Waals surface area contributed by atoms with Gasteiger partial charge in [-0.15, -0.1) is 0 Å². The maximum Gasteiger partial charge on any atom is 0.225 e. The molecule has 6 heteroatoms. The molecule has 0 unspecified atom stereocenters. The normalized spacial score (nSPS) is 16.8. The van der Waals surface area contributed by atoms with E-state index >= 15 is 0 Å². The van der Waals surface area contributed by atoms with Gasteiger partial charge in [0.15, 0.2) is 11.5 Å². The lowest BCUT2D eigenvalue weighted by molar-refractivity contribution is -0.125. The summed E-state index contributed by atoms with van der Waals surface area (Å²) in [4.78, 5) is 24.4. The van der Waals surface area contributed by atoms with Crippen LogP contribution in [0.25, 0.3) is 16.7 Å². The number of carbonyl (C=O) groups excluding carboxylic acids is 1. The van der Waals surface area contributed by atoms with E-state index in [0.29, 0.717) is 13.1 Å². The van der Waals surface area contributed by atoms with E-state index in [1.165, 1.54) is 5.56 Å². The molecule has 1 aromatic carbocycles. The summed E-state index contributed by atoms with van der Waals surface area (Å²) in [5.74, 6) is 0.980. The van der Waals surface area contributed by atoms with Gasteiger partial charge in [-0.25, -0.2) is 9.97 Å². The van der Waals surface area contributed by atoms with Crippen LogP contribution in [0.5, 0.6) is 0 Å². The lowest BCUT2D eigenvalue weighted by Gasteiger charge is -2.33. The number of nitrogens with one attached hydrogen (secondary N) is 1. The molecule has 0 aliphatic carbocycles. The topological polar surface area (TPSA) is 62.5 Å². The molecule has 6 nitrogen and oxygen atoms in total. The SMILES string of the molecule is Cc1ccc(CNC(=O)[C@H]2CCCN(c3nc4ncccc4n4cccc34)C2)cc1. The summed E-state index contributed by atoms with van der Waals surface area (Å²) in [7, 11) is 0. The lowest BCUT2D eigenvalue weighted by atomic mass is 9.97. The summed E-state index contributed by atoms with van der Waals surface area (Å²) in [5, 5.41) is 3.12. The molecular weight excluding hydrogens is 374 g/mol. The van der Waals surface area contributed by atoms with Gasteiger partial charge in [-0.05, 0) is 49.6 Å². The van der Waals surface area contributed by atoms with Crippen LogP contribution < -0.4 is 10.2 Å². The average molecular weight is 399 g/mol. The number of carbonyl (C=O) groups is 1. The third-order valence-corrected chi connectivity index (χ3v) is 5.89. The molecule has 0 saturated carbocycles. The Bertz CT molecular complexity index is 1200. The smallest absolute Gasteiger partial charge is 0.225 e. The molecular formula is C24H25N5O. The zero-order valence-corrected chi connectivity index (χ0v) is 17.1. The van der Waals surface area contributed by atoms with Crippen molar-refractivity contribution in [3.8, 4) is 0 Å². The fraction of sp³-hybridized carbons (Fsp3) is 0.292. The van der Waals surface area contributed by atoms with Crippen LogP contribution in [0.2, 0.25) is 0 Å². The van der Waals surface area contributed by atoms with Crippen molar-refractivity contribution in [2.24, 2.45) is 5.92 Å². The first-order valence-electron chi connectivity index (χ1n) is 10.5. The highest BCUT2D eigenvalue weighted by Crippen LogP contribution is 2.28. The molecule has 30 heavy (non-hydrogen) atoms. The molecule has 1 aliphatic rings. The molecule has 0 radical (unpaired) electrons. The number of pyridine rings is 1. The van der Waals surface area contributed by atoms with Gasteiger partial charge in [0.1, 0.15) is 0 Å². The third-order valence-electron chi connectivity index (χ3n) is 5.89. The molecule has 1 atom stereocenters. The minimum absolute atomic E-state index is 0.0413. The number of fused-ring (bicyclic) bond motifs is 3. The molecule has 4 aromatic rings. The van der Waals surface area contributed by atoms with E-state index in [9.17, 15) is 4.79 Å². The Kier molecular flexibility index (Phi) is 4.83. The fourth-order valence-electron chi connectivity index (χ4n) is 4.25. The van der Waals surface area contributed by atoms with E-state index in [1.54, 1.807) is 6.20 Å². The maximum absolute atomic E-state index is 12.9. The number of hydrogen-bond donors (Lipinski definition) is 1. The molecule has 0 spiro atoms. The number of amides is 1. The van der Waals surface area contributed by atoms with Crippen LogP contribution in [-0.4, -0.2) is 33.4 Å². The van der Waals surface area contributed by atoms with Crippen LogP contribution in [0.3, 0.4) is 0 Å².